The number of aryl methyl sites for hydroxylation is 2. The summed E-state index contributed by atoms with van der Waals surface area (Å²) in [5.74, 6) is 1.05. The van der Waals surface area contributed by atoms with Gasteiger partial charge >= 0.3 is 0 Å². The lowest BCUT2D eigenvalue weighted by atomic mass is 10.2. The molecule has 0 unspecified atom stereocenters. The maximum Gasteiger partial charge on any atom is 0.156 e. The summed E-state index contributed by atoms with van der Waals surface area (Å²) >= 11 is 6.00. The lowest BCUT2D eigenvalue weighted by molar-refractivity contribution is 0.112. The molecule has 0 atom stereocenters. The summed E-state index contributed by atoms with van der Waals surface area (Å²) < 4.78 is 0. The Kier molecular flexibility index (Phi) is 3.81. The molecule has 0 aliphatic rings. The topological polar surface area (TPSA) is 46.1 Å². The monoisotopic (exact) mass is 275 g/mol. The van der Waals surface area contributed by atoms with E-state index in [0.717, 1.165) is 11.3 Å². The van der Waals surface area contributed by atoms with Crippen LogP contribution in [0.1, 0.15) is 21.7 Å². The molecule has 19 heavy (non-hydrogen) atoms. The van der Waals surface area contributed by atoms with Crippen LogP contribution in [0, 0.1) is 13.8 Å². The van der Waals surface area contributed by atoms with Gasteiger partial charge in [0.25, 0.3) is 0 Å². The number of para-hydroxylation sites is 1. The minimum Gasteiger partial charge on any atom is -0.328 e. The maximum absolute atomic E-state index is 11.2. The number of rotatable bonds is 3. The first-order valence-electron chi connectivity index (χ1n) is 5.83. The SMILES string of the molecule is Cc1nc(Cl)c(C=O)c(N(C)c2ccccc2C)n1. The average molecular weight is 276 g/mol. The molecule has 0 saturated heterocycles. The number of carbonyl (C=O) groups excluding carboxylic acids is 1. The van der Waals surface area contributed by atoms with E-state index in [4.69, 9.17) is 11.6 Å². The fourth-order valence-electron chi connectivity index (χ4n) is 1.94. The van der Waals surface area contributed by atoms with E-state index in [1.165, 1.54) is 0 Å². The molecule has 1 heterocycles. The van der Waals surface area contributed by atoms with E-state index in [1.807, 2.05) is 43.1 Å². The molecule has 0 N–H and O–H groups in total. The zero-order chi connectivity index (χ0) is 14.0. The normalized spacial score (nSPS) is 10.3. The smallest absolute Gasteiger partial charge is 0.156 e. The number of carbonyl (C=O) groups is 1. The summed E-state index contributed by atoms with van der Waals surface area (Å²) in [6, 6.07) is 7.87. The molecule has 0 aliphatic heterocycles. The Hall–Kier alpha value is -1.94. The first-order chi connectivity index (χ1) is 9.04. The molecular weight excluding hydrogens is 262 g/mol. The summed E-state index contributed by atoms with van der Waals surface area (Å²) in [5, 5.41) is 0.179. The van der Waals surface area contributed by atoms with Crippen molar-refractivity contribution in [2.75, 3.05) is 11.9 Å². The summed E-state index contributed by atoms with van der Waals surface area (Å²) in [5.41, 5.74) is 2.37. The van der Waals surface area contributed by atoms with E-state index in [9.17, 15) is 4.79 Å². The average Bonchev–Trinajstić information content (AvgIpc) is 2.37. The van der Waals surface area contributed by atoms with E-state index in [0.29, 0.717) is 23.5 Å². The summed E-state index contributed by atoms with van der Waals surface area (Å²) in [6.07, 6.45) is 0.686. The second kappa shape index (κ2) is 5.36. The molecule has 0 aliphatic carbocycles. The van der Waals surface area contributed by atoms with Crippen LogP contribution in [0.5, 0.6) is 0 Å². The van der Waals surface area contributed by atoms with Gasteiger partial charge in [0.05, 0.1) is 5.56 Å². The van der Waals surface area contributed by atoms with Crippen molar-refractivity contribution in [2.24, 2.45) is 0 Å². The summed E-state index contributed by atoms with van der Waals surface area (Å²) in [7, 11) is 1.85. The van der Waals surface area contributed by atoms with Gasteiger partial charge in [-0.2, -0.15) is 0 Å². The van der Waals surface area contributed by atoms with Crippen LogP contribution in [0.4, 0.5) is 11.5 Å². The van der Waals surface area contributed by atoms with E-state index < -0.39 is 0 Å². The number of anilines is 2. The van der Waals surface area contributed by atoms with E-state index in [2.05, 4.69) is 9.97 Å². The highest BCUT2D eigenvalue weighted by Crippen LogP contribution is 2.29. The van der Waals surface area contributed by atoms with E-state index in [1.54, 1.807) is 6.92 Å². The van der Waals surface area contributed by atoms with Crippen LogP contribution in [-0.4, -0.2) is 23.3 Å². The second-order valence-corrected chi connectivity index (χ2v) is 4.62. The molecule has 1 aromatic heterocycles. The first-order valence-corrected chi connectivity index (χ1v) is 6.21. The Bertz CT molecular complexity index is 628. The van der Waals surface area contributed by atoms with Crippen molar-refractivity contribution in [1.29, 1.82) is 0 Å². The molecule has 2 rings (SSSR count). The molecule has 0 fully saturated rings. The van der Waals surface area contributed by atoms with Gasteiger partial charge in [-0.15, -0.1) is 0 Å². The molecule has 0 saturated carbocycles. The standard InChI is InChI=1S/C14H14ClN3O/c1-9-6-4-5-7-12(9)18(3)14-11(8-19)13(15)16-10(2)17-14/h4-8H,1-3H3. The third-order valence-electron chi connectivity index (χ3n) is 2.90. The van der Waals surface area contributed by atoms with Crippen molar-refractivity contribution in [2.45, 2.75) is 13.8 Å². The van der Waals surface area contributed by atoms with Gasteiger partial charge in [0.15, 0.2) is 6.29 Å². The van der Waals surface area contributed by atoms with Crippen molar-refractivity contribution in [1.82, 2.24) is 9.97 Å². The van der Waals surface area contributed by atoms with E-state index in [-0.39, 0.29) is 5.15 Å². The minimum atomic E-state index is 0.179. The number of aldehydes is 1. The minimum absolute atomic E-state index is 0.179. The van der Waals surface area contributed by atoms with Gasteiger partial charge in [-0.1, -0.05) is 29.8 Å². The number of nitrogens with zero attached hydrogens (tertiary/aromatic N) is 3. The van der Waals surface area contributed by atoms with Gasteiger partial charge in [0.1, 0.15) is 16.8 Å². The van der Waals surface area contributed by atoms with Crippen LogP contribution in [0.15, 0.2) is 24.3 Å². The van der Waals surface area contributed by atoms with Crippen LogP contribution in [0.25, 0.3) is 0 Å². The van der Waals surface area contributed by atoms with Gasteiger partial charge < -0.3 is 4.90 Å². The Morgan fingerprint density at radius 3 is 2.53 bits per heavy atom. The number of benzene rings is 1. The van der Waals surface area contributed by atoms with Crippen LogP contribution >= 0.6 is 11.6 Å². The zero-order valence-electron chi connectivity index (χ0n) is 11.0. The lowest BCUT2D eigenvalue weighted by Gasteiger charge is -2.22. The Labute approximate surface area is 117 Å². The van der Waals surface area contributed by atoms with Gasteiger partial charge in [0, 0.05) is 12.7 Å². The molecule has 1 aromatic carbocycles. The first kappa shape index (κ1) is 13.5. The Balaban J connectivity index is 2.59. The fourth-order valence-corrected chi connectivity index (χ4v) is 2.20. The van der Waals surface area contributed by atoms with Crippen molar-refractivity contribution in [3.05, 3.63) is 46.4 Å². The number of hydrogen-bond donors (Lipinski definition) is 0. The van der Waals surface area contributed by atoms with Crippen molar-refractivity contribution >= 4 is 29.4 Å². The van der Waals surface area contributed by atoms with Crippen molar-refractivity contribution in [3.63, 3.8) is 0 Å². The van der Waals surface area contributed by atoms with E-state index >= 15 is 0 Å². The Morgan fingerprint density at radius 1 is 1.21 bits per heavy atom. The highest BCUT2D eigenvalue weighted by molar-refractivity contribution is 6.32. The van der Waals surface area contributed by atoms with Crippen molar-refractivity contribution < 1.29 is 4.79 Å². The van der Waals surface area contributed by atoms with Crippen LogP contribution in [0.3, 0.4) is 0 Å². The Morgan fingerprint density at radius 2 is 1.89 bits per heavy atom. The predicted octanol–water partition coefficient (Wildman–Crippen LogP) is 3.33. The molecule has 2 aromatic rings. The number of aromatic nitrogens is 2. The number of halogens is 1. The fraction of sp³-hybridized carbons (Fsp3) is 0.214. The molecule has 0 amide bonds. The quantitative estimate of drug-likeness (QED) is 0.637. The van der Waals surface area contributed by atoms with Crippen LogP contribution in [0.2, 0.25) is 5.15 Å². The second-order valence-electron chi connectivity index (χ2n) is 4.26. The molecular formula is C14H14ClN3O. The van der Waals surface area contributed by atoms with Gasteiger partial charge in [-0.05, 0) is 25.5 Å². The zero-order valence-corrected chi connectivity index (χ0v) is 11.8. The predicted molar refractivity (Wildman–Crippen MR) is 76.4 cm³/mol. The molecule has 0 spiro atoms. The lowest BCUT2D eigenvalue weighted by Crippen LogP contribution is -2.16. The van der Waals surface area contributed by atoms with Gasteiger partial charge in [0.2, 0.25) is 0 Å². The molecule has 98 valence electrons. The largest absolute Gasteiger partial charge is 0.328 e. The highest BCUT2D eigenvalue weighted by Gasteiger charge is 2.16. The van der Waals surface area contributed by atoms with Crippen LogP contribution in [-0.2, 0) is 0 Å². The van der Waals surface area contributed by atoms with Crippen molar-refractivity contribution in [3.8, 4) is 0 Å². The summed E-state index contributed by atoms with van der Waals surface area (Å²) in [4.78, 5) is 21.4. The summed E-state index contributed by atoms with van der Waals surface area (Å²) in [6.45, 7) is 3.75. The molecule has 4 nitrogen and oxygen atoms in total. The molecule has 5 heteroatoms. The maximum atomic E-state index is 11.2. The highest BCUT2D eigenvalue weighted by atomic mass is 35.5. The van der Waals surface area contributed by atoms with Crippen LogP contribution < -0.4 is 4.90 Å². The van der Waals surface area contributed by atoms with Gasteiger partial charge in [-0.25, -0.2) is 9.97 Å². The molecule has 0 radical (unpaired) electrons. The third kappa shape index (κ3) is 2.58. The molecule has 0 bridgehead atoms. The number of hydrogen-bond acceptors (Lipinski definition) is 4. The third-order valence-corrected chi connectivity index (χ3v) is 3.19. The van der Waals surface area contributed by atoms with Gasteiger partial charge in [-0.3, -0.25) is 4.79 Å².